The molecule has 1 aliphatic rings. The predicted octanol–water partition coefficient (Wildman–Crippen LogP) is 5.60. The predicted molar refractivity (Wildman–Crippen MR) is 138 cm³/mol. The summed E-state index contributed by atoms with van der Waals surface area (Å²) in [6, 6.07) is 21.8. The first-order chi connectivity index (χ1) is 16.5. The largest absolute Gasteiger partial charge is 0.344 e. The fourth-order valence-corrected chi connectivity index (χ4v) is 4.68. The summed E-state index contributed by atoms with van der Waals surface area (Å²) in [5, 5.41) is 29.6. The van der Waals surface area contributed by atoms with Crippen LogP contribution in [0.5, 0.6) is 0 Å². The molecule has 0 N–H and O–H groups in total. The minimum absolute atomic E-state index is 0.0703. The molecule has 0 aliphatic carbocycles. The smallest absolute Gasteiger partial charge is 0.136 e. The molecule has 172 valence electrons. The van der Waals surface area contributed by atoms with Crippen LogP contribution in [-0.2, 0) is 5.41 Å². The van der Waals surface area contributed by atoms with E-state index < -0.39 is 0 Å². The lowest BCUT2D eigenvalue weighted by molar-refractivity contribution is 0.592. The van der Waals surface area contributed by atoms with Gasteiger partial charge in [-0.3, -0.25) is 0 Å². The molecule has 0 aromatic heterocycles. The molecule has 0 spiro atoms. The van der Waals surface area contributed by atoms with Gasteiger partial charge in [-0.05, 0) is 29.3 Å². The fraction of sp³-hybridized carbons (Fsp3) is 0.367. The second-order valence-corrected chi connectivity index (χ2v) is 9.29. The number of hydrogen-bond acceptors (Lipinski definition) is 4. The van der Waals surface area contributed by atoms with E-state index in [1.807, 2.05) is 30.3 Å². The van der Waals surface area contributed by atoms with E-state index in [-0.39, 0.29) is 11.0 Å². The van der Waals surface area contributed by atoms with Gasteiger partial charge in [0.05, 0.1) is 11.6 Å². The summed E-state index contributed by atoms with van der Waals surface area (Å²) >= 11 is 0. The van der Waals surface area contributed by atoms with E-state index in [0.717, 1.165) is 23.9 Å². The molecule has 0 amide bonds. The molecule has 2 aromatic rings. The molecular weight excluding hydrogens is 416 g/mol. The SMILES string of the molecule is CCCCCCCCN1/C(=C/C(C#N)=c2ccc(=C(C#N)C#N)cc2)C(C)(C)c2ccccc21. The third-order valence-electron chi connectivity index (χ3n) is 6.64. The van der Waals surface area contributed by atoms with Gasteiger partial charge in [0.1, 0.15) is 17.7 Å². The quantitative estimate of drug-likeness (QED) is 0.493. The number of hydrogen-bond donors (Lipinski definition) is 0. The molecule has 4 nitrogen and oxygen atoms in total. The van der Waals surface area contributed by atoms with E-state index in [9.17, 15) is 5.26 Å². The highest BCUT2D eigenvalue weighted by atomic mass is 15.2. The molecule has 0 unspecified atom stereocenters. The summed E-state index contributed by atoms with van der Waals surface area (Å²) in [7, 11) is 0. The van der Waals surface area contributed by atoms with Crippen molar-refractivity contribution in [3.05, 3.63) is 76.3 Å². The summed E-state index contributed by atoms with van der Waals surface area (Å²) in [6.45, 7) is 7.61. The Hall–Kier alpha value is -3.81. The van der Waals surface area contributed by atoms with Gasteiger partial charge in [0, 0.05) is 28.6 Å². The molecule has 34 heavy (non-hydrogen) atoms. The van der Waals surface area contributed by atoms with Crippen LogP contribution in [0, 0.1) is 34.0 Å². The number of unbranched alkanes of at least 4 members (excludes halogenated alkanes) is 5. The van der Waals surface area contributed by atoms with Gasteiger partial charge in [-0.25, -0.2) is 0 Å². The van der Waals surface area contributed by atoms with Crippen LogP contribution in [-0.4, -0.2) is 6.54 Å². The molecule has 0 saturated carbocycles. The van der Waals surface area contributed by atoms with Gasteiger partial charge >= 0.3 is 0 Å². The van der Waals surface area contributed by atoms with Crippen molar-refractivity contribution >= 4 is 16.8 Å². The van der Waals surface area contributed by atoms with Crippen LogP contribution in [0.25, 0.3) is 11.1 Å². The summed E-state index contributed by atoms with van der Waals surface area (Å²) in [5.74, 6) is 0. The summed E-state index contributed by atoms with van der Waals surface area (Å²) < 4.78 is 0. The molecule has 0 bridgehead atoms. The van der Waals surface area contributed by atoms with Gasteiger partial charge in [-0.15, -0.1) is 0 Å². The number of nitrogens with zero attached hydrogens (tertiary/aromatic N) is 4. The highest BCUT2D eigenvalue weighted by Crippen LogP contribution is 2.48. The molecule has 0 atom stereocenters. The summed E-state index contributed by atoms with van der Waals surface area (Å²) in [4.78, 5) is 2.39. The molecule has 1 aliphatic heterocycles. The number of anilines is 1. The van der Waals surface area contributed by atoms with Crippen molar-refractivity contribution in [2.45, 2.75) is 64.7 Å². The Morgan fingerprint density at radius 3 is 2.09 bits per heavy atom. The van der Waals surface area contributed by atoms with Crippen LogP contribution in [0.3, 0.4) is 0 Å². The Kier molecular flexibility index (Phi) is 8.29. The second-order valence-electron chi connectivity index (χ2n) is 9.29. The topological polar surface area (TPSA) is 74.6 Å². The van der Waals surface area contributed by atoms with Crippen LogP contribution >= 0.6 is 0 Å². The average molecular weight is 449 g/mol. The molecular formula is C30H32N4. The van der Waals surface area contributed by atoms with Crippen LogP contribution < -0.4 is 15.3 Å². The van der Waals surface area contributed by atoms with Gasteiger partial charge in [-0.2, -0.15) is 15.8 Å². The molecule has 2 aromatic carbocycles. The summed E-state index contributed by atoms with van der Waals surface area (Å²) in [5.41, 5.74) is 4.06. The number of benzene rings is 2. The molecule has 0 saturated heterocycles. The van der Waals surface area contributed by atoms with E-state index in [1.54, 1.807) is 12.1 Å². The maximum absolute atomic E-state index is 10.0. The maximum atomic E-state index is 10.0. The Labute approximate surface area is 203 Å². The standard InChI is InChI=1S/C30H32N4/c1-4-5-6-7-8-11-18-34-28-13-10-9-12-27(28)30(2,3)29(34)19-25(20-31)23-14-16-24(17-15-23)26(21-32)22-33/h9-10,12-17,19H,4-8,11,18H2,1-3H3/b29-19+. The molecule has 3 rings (SSSR count). The van der Waals surface area contributed by atoms with Crippen LogP contribution in [0.15, 0.2) is 60.3 Å². The number of nitriles is 3. The first-order valence-electron chi connectivity index (χ1n) is 12.1. The van der Waals surface area contributed by atoms with Gasteiger partial charge in [0.2, 0.25) is 0 Å². The van der Waals surface area contributed by atoms with Crippen molar-refractivity contribution in [1.29, 1.82) is 15.8 Å². The zero-order valence-electron chi connectivity index (χ0n) is 20.4. The van der Waals surface area contributed by atoms with Crippen molar-refractivity contribution in [3.8, 4) is 18.2 Å². The van der Waals surface area contributed by atoms with E-state index in [0.29, 0.717) is 10.8 Å². The molecule has 0 fully saturated rings. The van der Waals surface area contributed by atoms with E-state index in [4.69, 9.17) is 10.5 Å². The summed E-state index contributed by atoms with van der Waals surface area (Å²) in [6.07, 6.45) is 9.44. The monoisotopic (exact) mass is 448 g/mol. The number of para-hydroxylation sites is 1. The fourth-order valence-electron chi connectivity index (χ4n) is 4.68. The Morgan fingerprint density at radius 2 is 1.44 bits per heavy atom. The van der Waals surface area contributed by atoms with Crippen LogP contribution in [0.1, 0.15) is 64.9 Å². The van der Waals surface area contributed by atoms with Crippen LogP contribution in [0.4, 0.5) is 5.69 Å². The van der Waals surface area contributed by atoms with Crippen molar-refractivity contribution in [2.24, 2.45) is 0 Å². The molecule has 4 heteroatoms. The zero-order chi connectivity index (χ0) is 24.6. The van der Waals surface area contributed by atoms with Crippen molar-refractivity contribution in [2.75, 3.05) is 11.4 Å². The minimum Gasteiger partial charge on any atom is -0.344 e. The first kappa shape index (κ1) is 24.8. The Balaban J connectivity index is 2.02. The average Bonchev–Trinajstić information content (AvgIpc) is 3.07. The van der Waals surface area contributed by atoms with E-state index in [2.05, 4.69) is 56.0 Å². The third kappa shape index (κ3) is 5.22. The lowest BCUT2D eigenvalue weighted by atomic mass is 9.83. The van der Waals surface area contributed by atoms with Gasteiger partial charge < -0.3 is 4.90 Å². The lowest BCUT2D eigenvalue weighted by Gasteiger charge is -2.27. The lowest BCUT2D eigenvalue weighted by Crippen LogP contribution is -2.27. The highest BCUT2D eigenvalue weighted by Gasteiger charge is 2.39. The molecule has 0 radical (unpaired) electrons. The van der Waals surface area contributed by atoms with E-state index in [1.165, 1.54) is 43.4 Å². The maximum Gasteiger partial charge on any atom is 0.136 e. The number of rotatable bonds is 8. The molecule has 1 heterocycles. The second kappa shape index (κ2) is 11.4. The van der Waals surface area contributed by atoms with E-state index >= 15 is 0 Å². The van der Waals surface area contributed by atoms with Gasteiger partial charge in [-0.1, -0.05) is 95.3 Å². The number of allylic oxidation sites excluding steroid dienone is 2. The van der Waals surface area contributed by atoms with Crippen LogP contribution in [0.2, 0.25) is 0 Å². The normalized spacial score (nSPS) is 14.7. The first-order valence-corrected chi connectivity index (χ1v) is 12.1. The Bertz CT molecular complexity index is 1270. The minimum atomic E-state index is -0.219. The zero-order valence-corrected chi connectivity index (χ0v) is 20.4. The Morgan fingerprint density at radius 1 is 0.824 bits per heavy atom. The van der Waals surface area contributed by atoms with Crippen molar-refractivity contribution in [1.82, 2.24) is 0 Å². The van der Waals surface area contributed by atoms with Crippen molar-refractivity contribution < 1.29 is 0 Å². The number of fused-ring (bicyclic) bond motifs is 1. The van der Waals surface area contributed by atoms with Gasteiger partial charge in [0.15, 0.2) is 0 Å². The van der Waals surface area contributed by atoms with Crippen molar-refractivity contribution in [3.63, 3.8) is 0 Å². The highest BCUT2D eigenvalue weighted by molar-refractivity contribution is 5.78. The van der Waals surface area contributed by atoms with Gasteiger partial charge in [0.25, 0.3) is 0 Å². The third-order valence-corrected chi connectivity index (χ3v) is 6.64.